The van der Waals surface area contributed by atoms with Crippen molar-refractivity contribution < 1.29 is 4.74 Å². The SMILES string of the molecule is COCCNC(=S)N/N=C\c1ccc(Nc2ccccc2)cc1. The summed E-state index contributed by atoms with van der Waals surface area (Å²) >= 11 is 5.07. The Morgan fingerprint density at radius 2 is 1.78 bits per heavy atom. The molecule has 0 saturated heterocycles. The quantitative estimate of drug-likeness (QED) is 0.316. The molecule has 0 radical (unpaired) electrons. The largest absolute Gasteiger partial charge is 0.383 e. The van der Waals surface area contributed by atoms with Crippen molar-refractivity contribution in [2.75, 3.05) is 25.6 Å². The topological polar surface area (TPSA) is 57.7 Å². The number of thiocarbonyl (C=S) groups is 1. The van der Waals surface area contributed by atoms with Crippen LogP contribution in [-0.4, -0.2) is 31.6 Å². The smallest absolute Gasteiger partial charge is 0.187 e. The number of para-hydroxylation sites is 1. The summed E-state index contributed by atoms with van der Waals surface area (Å²) < 4.78 is 4.93. The number of ether oxygens (including phenoxy) is 1. The third-order valence-electron chi connectivity index (χ3n) is 2.94. The van der Waals surface area contributed by atoms with Crippen LogP contribution in [0.15, 0.2) is 59.7 Å². The standard InChI is InChI=1S/C17H20N4OS/c1-22-12-11-18-17(23)21-19-13-14-7-9-16(10-8-14)20-15-5-3-2-4-6-15/h2-10,13,20H,11-12H2,1H3,(H2,18,21,23)/b19-13-. The first-order valence-electron chi connectivity index (χ1n) is 7.26. The Labute approximate surface area is 141 Å². The zero-order valence-electron chi connectivity index (χ0n) is 13.0. The van der Waals surface area contributed by atoms with Crippen LogP contribution in [0.25, 0.3) is 0 Å². The molecule has 2 aromatic rings. The molecule has 3 N–H and O–H groups in total. The van der Waals surface area contributed by atoms with Crippen molar-refractivity contribution in [1.29, 1.82) is 0 Å². The van der Waals surface area contributed by atoms with Gasteiger partial charge in [-0.2, -0.15) is 5.10 Å². The predicted octanol–water partition coefficient (Wildman–Crippen LogP) is 2.87. The van der Waals surface area contributed by atoms with Gasteiger partial charge in [-0.1, -0.05) is 30.3 Å². The fourth-order valence-electron chi connectivity index (χ4n) is 1.81. The highest BCUT2D eigenvalue weighted by atomic mass is 32.1. The Hall–Kier alpha value is -2.44. The van der Waals surface area contributed by atoms with E-state index in [4.69, 9.17) is 17.0 Å². The molecule has 0 fully saturated rings. The summed E-state index contributed by atoms with van der Waals surface area (Å²) in [6.45, 7) is 1.25. The minimum absolute atomic E-state index is 0.473. The molecule has 0 aliphatic carbocycles. The lowest BCUT2D eigenvalue weighted by Gasteiger charge is -2.06. The molecule has 0 saturated carbocycles. The Bertz CT molecular complexity index is 629. The van der Waals surface area contributed by atoms with Crippen LogP contribution >= 0.6 is 12.2 Å². The fraction of sp³-hybridized carbons (Fsp3) is 0.176. The Morgan fingerprint density at radius 1 is 1.09 bits per heavy atom. The van der Waals surface area contributed by atoms with Crippen molar-refractivity contribution in [3.63, 3.8) is 0 Å². The van der Waals surface area contributed by atoms with Crippen molar-refractivity contribution in [2.45, 2.75) is 0 Å². The molecule has 0 atom stereocenters. The van der Waals surface area contributed by atoms with Crippen LogP contribution in [0, 0.1) is 0 Å². The molecule has 0 bridgehead atoms. The zero-order chi connectivity index (χ0) is 16.3. The lowest BCUT2D eigenvalue weighted by molar-refractivity contribution is 0.204. The van der Waals surface area contributed by atoms with Crippen molar-refractivity contribution in [3.8, 4) is 0 Å². The Morgan fingerprint density at radius 3 is 2.48 bits per heavy atom. The number of nitrogens with zero attached hydrogens (tertiary/aromatic N) is 1. The molecular formula is C17H20N4OS. The van der Waals surface area contributed by atoms with Gasteiger partial charge in [0.05, 0.1) is 12.8 Å². The third kappa shape index (κ3) is 6.46. The highest BCUT2D eigenvalue weighted by Crippen LogP contribution is 2.15. The molecule has 2 rings (SSSR count). The number of nitrogens with one attached hydrogen (secondary N) is 3. The van der Waals surface area contributed by atoms with Crippen LogP contribution in [0.5, 0.6) is 0 Å². The highest BCUT2D eigenvalue weighted by Gasteiger charge is 1.95. The second-order valence-electron chi connectivity index (χ2n) is 4.73. The summed E-state index contributed by atoms with van der Waals surface area (Å²) in [5.41, 5.74) is 5.83. The lowest BCUT2D eigenvalue weighted by atomic mass is 10.2. The van der Waals surface area contributed by atoms with E-state index in [1.54, 1.807) is 13.3 Å². The number of hydrogen-bond acceptors (Lipinski definition) is 4. The van der Waals surface area contributed by atoms with E-state index < -0.39 is 0 Å². The minimum atomic E-state index is 0.473. The van der Waals surface area contributed by atoms with Gasteiger partial charge in [0.25, 0.3) is 0 Å². The summed E-state index contributed by atoms with van der Waals surface area (Å²) in [4.78, 5) is 0. The van der Waals surface area contributed by atoms with Crippen LogP contribution in [0.2, 0.25) is 0 Å². The molecule has 2 aromatic carbocycles. The van der Waals surface area contributed by atoms with E-state index in [9.17, 15) is 0 Å². The van der Waals surface area contributed by atoms with Gasteiger partial charge in [-0.3, -0.25) is 5.43 Å². The van der Waals surface area contributed by atoms with Gasteiger partial charge in [-0.15, -0.1) is 0 Å². The molecule has 0 unspecified atom stereocenters. The maximum absolute atomic E-state index is 5.07. The van der Waals surface area contributed by atoms with Crippen LogP contribution in [0.3, 0.4) is 0 Å². The molecule has 0 aromatic heterocycles. The fourth-order valence-corrected chi connectivity index (χ4v) is 1.97. The number of methoxy groups -OCH3 is 1. The summed E-state index contributed by atoms with van der Waals surface area (Å²) in [6.07, 6.45) is 1.72. The van der Waals surface area contributed by atoms with Gasteiger partial charge in [0.15, 0.2) is 5.11 Å². The highest BCUT2D eigenvalue weighted by molar-refractivity contribution is 7.80. The van der Waals surface area contributed by atoms with Gasteiger partial charge in [0, 0.05) is 25.0 Å². The van der Waals surface area contributed by atoms with E-state index in [1.807, 2.05) is 54.6 Å². The molecule has 120 valence electrons. The van der Waals surface area contributed by atoms with E-state index in [1.165, 1.54) is 0 Å². The van der Waals surface area contributed by atoms with E-state index >= 15 is 0 Å². The summed E-state index contributed by atoms with van der Waals surface area (Å²) in [6, 6.07) is 18.0. The molecule has 0 aliphatic rings. The van der Waals surface area contributed by atoms with E-state index in [2.05, 4.69) is 21.2 Å². The molecule has 5 nitrogen and oxygen atoms in total. The first-order chi connectivity index (χ1) is 11.3. The van der Waals surface area contributed by atoms with Gasteiger partial charge in [-0.05, 0) is 42.0 Å². The number of hydrogen-bond donors (Lipinski definition) is 3. The van der Waals surface area contributed by atoms with Crippen molar-refractivity contribution in [2.24, 2.45) is 5.10 Å². The first kappa shape index (κ1) is 16.9. The number of hydrazone groups is 1. The lowest BCUT2D eigenvalue weighted by Crippen LogP contribution is -2.34. The third-order valence-corrected chi connectivity index (χ3v) is 3.18. The average molecular weight is 328 g/mol. The molecule has 0 spiro atoms. The second-order valence-corrected chi connectivity index (χ2v) is 5.14. The minimum Gasteiger partial charge on any atom is -0.383 e. The Balaban J connectivity index is 1.80. The van der Waals surface area contributed by atoms with Gasteiger partial charge >= 0.3 is 0 Å². The molecule has 23 heavy (non-hydrogen) atoms. The maximum Gasteiger partial charge on any atom is 0.187 e. The number of benzene rings is 2. The summed E-state index contributed by atoms with van der Waals surface area (Å²) in [5, 5.41) is 10.9. The normalized spacial score (nSPS) is 10.5. The molecule has 0 amide bonds. The molecule has 6 heteroatoms. The number of rotatable bonds is 7. The van der Waals surface area contributed by atoms with Crippen molar-refractivity contribution in [3.05, 3.63) is 60.2 Å². The molecule has 0 aliphatic heterocycles. The zero-order valence-corrected chi connectivity index (χ0v) is 13.8. The summed E-state index contributed by atoms with van der Waals surface area (Å²) in [5.74, 6) is 0. The van der Waals surface area contributed by atoms with Crippen LogP contribution < -0.4 is 16.1 Å². The van der Waals surface area contributed by atoms with E-state index in [0.717, 1.165) is 16.9 Å². The molecular weight excluding hydrogens is 308 g/mol. The average Bonchev–Trinajstić information content (AvgIpc) is 2.58. The Kier molecular flexibility index (Phi) is 7.03. The van der Waals surface area contributed by atoms with E-state index in [0.29, 0.717) is 18.3 Å². The number of anilines is 2. The summed E-state index contributed by atoms with van der Waals surface area (Å²) in [7, 11) is 1.65. The van der Waals surface area contributed by atoms with Gasteiger partial charge in [-0.25, -0.2) is 0 Å². The molecule has 0 heterocycles. The van der Waals surface area contributed by atoms with Crippen molar-refractivity contribution in [1.82, 2.24) is 10.7 Å². The van der Waals surface area contributed by atoms with E-state index in [-0.39, 0.29) is 0 Å². The predicted molar refractivity (Wildman–Crippen MR) is 99.4 cm³/mol. The van der Waals surface area contributed by atoms with Crippen LogP contribution in [-0.2, 0) is 4.74 Å². The van der Waals surface area contributed by atoms with Gasteiger partial charge in [0.1, 0.15) is 0 Å². The maximum atomic E-state index is 5.07. The van der Waals surface area contributed by atoms with Crippen LogP contribution in [0.1, 0.15) is 5.56 Å². The monoisotopic (exact) mass is 328 g/mol. The second kappa shape index (κ2) is 9.55. The first-order valence-corrected chi connectivity index (χ1v) is 7.67. The van der Waals surface area contributed by atoms with Gasteiger partial charge in [0.2, 0.25) is 0 Å². The van der Waals surface area contributed by atoms with Crippen LogP contribution in [0.4, 0.5) is 11.4 Å². The van der Waals surface area contributed by atoms with Gasteiger partial charge < -0.3 is 15.4 Å². The van der Waals surface area contributed by atoms with Crippen molar-refractivity contribution >= 4 is 34.9 Å².